The van der Waals surface area contributed by atoms with Gasteiger partial charge < -0.3 is 0 Å². The Balaban J connectivity index is 1.14. The minimum absolute atomic E-state index is 0.106. The van der Waals surface area contributed by atoms with E-state index in [4.69, 9.17) is 23.2 Å². The lowest BCUT2D eigenvalue weighted by molar-refractivity contribution is -0.146. The van der Waals surface area contributed by atoms with Crippen molar-refractivity contribution in [3.05, 3.63) is 22.2 Å². The Bertz CT molecular complexity index is 853. The van der Waals surface area contributed by atoms with Crippen molar-refractivity contribution in [2.45, 2.75) is 25.7 Å². The SMILES string of the molecule is O=C1[C@H]2CC(Cl)=CC[C@H]2C(=O)N1CN1CCN(CN2C(=O)[C@@H]3CC=C(Cl)C[C@H]3C2=O)CC1. The maximum atomic E-state index is 12.8. The van der Waals surface area contributed by atoms with Crippen LogP contribution in [-0.2, 0) is 19.2 Å². The normalized spacial score (nSPS) is 34.1. The van der Waals surface area contributed by atoms with Crippen molar-refractivity contribution in [2.75, 3.05) is 39.5 Å². The summed E-state index contributed by atoms with van der Waals surface area (Å²) >= 11 is 12.2. The average molecular weight is 481 g/mol. The quantitative estimate of drug-likeness (QED) is 0.567. The Kier molecular flexibility index (Phi) is 5.90. The van der Waals surface area contributed by atoms with Crippen LogP contribution >= 0.6 is 23.2 Å². The lowest BCUT2D eigenvalue weighted by Crippen LogP contribution is -2.54. The Morgan fingerprint density at radius 3 is 1.34 bits per heavy atom. The number of allylic oxidation sites excluding steroid dienone is 4. The molecular formula is C22H26Cl2N4O4. The van der Waals surface area contributed by atoms with Crippen molar-refractivity contribution in [2.24, 2.45) is 23.7 Å². The first kappa shape index (κ1) is 22.1. The van der Waals surface area contributed by atoms with Crippen molar-refractivity contribution >= 4 is 46.8 Å². The van der Waals surface area contributed by atoms with Crippen LogP contribution in [-0.4, -0.2) is 82.7 Å². The number of nitrogens with zero attached hydrogens (tertiary/aromatic N) is 4. The Labute approximate surface area is 196 Å². The monoisotopic (exact) mass is 480 g/mol. The summed E-state index contributed by atoms with van der Waals surface area (Å²) in [5, 5.41) is 1.32. The molecule has 3 aliphatic heterocycles. The van der Waals surface area contributed by atoms with Gasteiger partial charge in [0.2, 0.25) is 23.6 Å². The number of hydrogen-bond donors (Lipinski definition) is 0. The molecule has 3 heterocycles. The molecule has 4 amide bonds. The third-order valence-corrected chi connectivity index (χ3v) is 8.09. The van der Waals surface area contributed by atoms with Crippen LogP contribution in [0.4, 0.5) is 0 Å². The number of fused-ring (bicyclic) bond motifs is 2. The molecule has 172 valence electrons. The smallest absolute Gasteiger partial charge is 0.234 e. The standard InChI is InChI=1S/C22H26Cl2N4O4/c23-13-1-3-15-17(9-13)21(31)27(19(15)29)11-25-5-7-26(8-6-25)12-28-20(30)16-4-2-14(24)10-18(16)22(28)32/h1-2,15-18H,3-12H2/t15-,16-,17-,18+/m1/s1. The molecule has 0 saturated carbocycles. The van der Waals surface area contributed by atoms with Crippen molar-refractivity contribution < 1.29 is 19.2 Å². The zero-order valence-corrected chi connectivity index (χ0v) is 19.2. The van der Waals surface area contributed by atoms with Crippen molar-refractivity contribution in [3.8, 4) is 0 Å². The van der Waals surface area contributed by atoms with E-state index in [2.05, 4.69) is 9.80 Å². The minimum atomic E-state index is -0.333. The average Bonchev–Trinajstić information content (AvgIpc) is 3.15. The Morgan fingerprint density at radius 2 is 0.969 bits per heavy atom. The molecule has 0 aromatic heterocycles. The van der Waals surface area contributed by atoms with E-state index in [1.165, 1.54) is 9.80 Å². The van der Waals surface area contributed by atoms with Crippen molar-refractivity contribution in [1.29, 1.82) is 0 Å². The summed E-state index contributed by atoms with van der Waals surface area (Å²) in [6.07, 6.45) is 5.63. The molecule has 5 aliphatic rings. The molecule has 0 bridgehead atoms. The number of hydrogen-bond acceptors (Lipinski definition) is 6. The number of likely N-dealkylation sites (tertiary alicyclic amines) is 2. The van der Waals surface area contributed by atoms with E-state index in [1.54, 1.807) is 0 Å². The molecule has 0 spiro atoms. The lowest BCUT2D eigenvalue weighted by atomic mass is 9.85. The van der Waals surface area contributed by atoms with Crippen LogP contribution in [0.25, 0.3) is 0 Å². The fourth-order valence-electron chi connectivity index (χ4n) is 5.54. The zero-order valence-electron chi connectivity index (χ0n) is 17.7. The second-order valence-electron chi connectivity index (χ2n) is 9.34. The maximum absolute atomic E-state index is 12.8. The van der Waals surface area contributed by atoms with E-state index in [1.807, 2.05) is 12.2 Å². The molecule has 0 radical (unpaired) electrons. The number of carbonyl (C=O) groups excluding carboxylic acids is 4. The summed E-state index contributed by atoms with van der Waals surface area (Å²) in [6.45, 7) is 3.19. The van der Waals surface area contributed by atoms with Gasteiger partial charge >= 0.3 is 0 Å². The first-order valence-corrected chi connectivity index (χ1v) is 11.9. The predicted molar refractivity (Wildman–Crippen MR) is 117 cm³/mol. The van der Waals surface area contributed by atoms with Crippen LogP contribution in [0, 0.1) is 23.7 Å². The van der Waals surface area contributed by atoms with Gasteiger partial charge in [0.15, 0.2) is 0 Å². The highest BCUT2D eigenvalue weighted by Gasteiger charge is 2.50. The highest BCUT2D eigenvalue weighted by Crippen LogP contribution is 2.40. The largest absolute Gasteiger partial charge is 0.283 e. The van der Waals surface area contributed by atoms with Crippen molar-refractivity contribution in [3.63, 3.8) is 0 Å². The zero-order chi connectivity index (χ0) is 22.6. The number of carbonyl (C=O) groups is 4. The molecule has 3 fully saturated rings. The molecular weight excluding hydrogens is 455 g/mol. The van der Waals surface area contributed by atoms with E-state index in [-0.39, 0.29) is 60.6 Å². The van der Waals surface area contributed by atoms with E-state index in [0.29, 0.717) is 61.9 Å². The topological polar surface area (TPSA) is 81.2 Å². The molecule has 32 heavy (non-hydrogen) atoms. The summed E-state index contributed by atoms with van der Waals surface area (Å²) in [5.41, 5.74) is 0. The summed E-state index contributed by atoms with van der Waals surface area (Å²) in [7, 11) is 0. The predicted octanol–water partition coefficient (Wildman–Crippen LogP) is 1.55. The van der Waals surface area contributed by atoms with E-state index >= 15 is 0 Å². The summed E-state index contributed by atoms with van der Waals surface area (Å²) < 4.78 is 0. The van der Waals surface area contributed by atoms with Crippen LogP contribution in [0.3, 0.4) is 0 Å². The molecule has 5 rings (SSSR count). The number of halogens is 2. The molecule has 10 heteroatoms. The van der Waals surface area contributed by atoms with Gasteiger partial charge in [-0.2, -0.15) is 0 Å². The molecule has 0 N–H and O–H groups in total. The van der Waals surface area contributed by atoms with E-state index < -0.39 is 0 Å². The fraction of sp³-hybridized carbons (Fsp3) is 0.636. The van der Waals surface area contributed by atoms with Gasteiger partial charge in [-0.25, -0.2) is 0 Å². The molecule has 0 unspecified atom stereocenters. The number of piperazine rings is 1. The van der Waals surface area contributed by atoms with Crippen LogP contribution in [0.2, 0.25) is 0 Å². The molecule has 4 atom stereocenters. The van der Waals surface area contributed by atoms with Crippen molar-refractivity contribution in [1.82, 2.24) is 19.6 Å². The van der Waals surface area contributed by atoms with Crippen LogP contribution in [0.15, 0.2) is 22.2 Å². The molecule has 0 aromatic rings. The van der Waals surface area contributed by atoms with Gasteiger partial charge in [0, 0.05) is 36.2 Å². The number of imide groups is 2. The van der Waals surface area contributed by atoms with Crippen LogP contribution in [0.1, 0.15) is 25.7 Å². The Morgan fingerprint density at radius 1 is 0.625 bits per heavy atom. The van der Waals surface area contributed by atoms with E-state index in [9.17, 15) is 19.2 Å². The van der Waals surface area contributed by atoms with Gasteiger partial charge in [0.1, 0.15) is 0 Å². The van der Waals surface area contributed by atoms with Gasteiger partial charge in [0.25, 0.3) is 0 Å². The van der Waals surface area contributed by atoms with Crippen LogP contribution < -0.4 is 0 Å². The summed E-state index contributed by atoms with van der Waals surface area (Å²) in [4.78, 5) is 57.9. The fourth-order valence-corrected chi connectivity index (χ4v) is 6.05. The lowest BCUT2D eigenvalue weighted by Gasteiger charge is -2.37. The number of amides is 4. The third-order valence-electron chi connectivity index (χ3n) is 7.47. The Hall–Kier alpha value is -1.74. The number of rotatable bonds is 4. The third kappa shape index (κ3) is 3.81. The first-order chi connectivity index (χ1) is 15.3. The highest BCUT2D eigenvalue weighted by molar-refractivity contribution is 6.30. The molecule has 8 nitrogen and oxygen atoms in total. The minimum Gasteiger partial charge on any atom is -0.283 e. The van der Waals surface area contributed by atoms with Gasteiger partial charge in [-0.3, -0.25) is 38.8 Å². The second kappa shape index (κ2) is 8.56. The summed E-state index contributed by atoms with van der Waals surface area (Å²) in [5.74, 6) is -1.71. The van der Waals surface area contributed by atoms with Gasteiger partial charge in [-0.15, -0.1) is 0 Å². The van der Waals surface area contributed by atoms with Gasteiger partial charge in [-0.1, -0.05) is 35.4 Å². The first-order valence-electron chi connectivity index (χ1n) is 11.2. The molecule has 0 aromatic carbocycles. The molecule has 3 saturated heterocycles. The van der Waals surface area contributed by atoms with Gasteiger partial charge in [-0.05, 0) is 25.7 Å². The van der Waals surface area contributed by atoms with Crippen LogP contribution in [0.5, 0.6) is 0 Å². The van der Waals surface area contributed by atoms with Gasteiger partial charge in [0.05, 0.1) is 37.0 Å². The summed E-state index contributed by atoms with van der Waals surface area (Å²) in [6, 6.07) is 0. The molecule has 2 aliphatic carbocycles. The second-order valence-corrected chi connectivity index (χ2v) is 10.3. The maximum Gasteiger partial charge on any atom is 0.234 e. The highest BCUT2D eigenvalue weighted by atomic mass is 35.5. The van der Waals surface area contributed by atoms with E-state index in [0.717, 1.165) is 0 Å².